The molecule has 1 aromatic heterocycles. The number of fused-ring (bicyclic) bond motifs is 1. The zero-order valence-electron chi connectivity index (χ0n) is 10.1. The number of benzene rings is 2. The van der Waals surface area contributed by atoms with Gasteiger partial charge in [-0.3, -0.25) is 4.79 Å². The monoisotopic (exact) mass is 235 g/mol. The van der Waals surface area contributed by atoms with Gasteiger partial charge in [0.1, 0.15) is 0 Å². The van der Waals surface area contributed by atoms with Crippen LogP contribution < -0.4 is 0 Å². The first-order valence-corrected chi connectivity index (χ1v) is 5.92. The van der Waals surface area contributed by atoms with E-state index in [2.05, 4.69) is 11.1 Å². The lowest BCUT2D eigenvalue weighted by Crippen LogP contribution is -1.85. The van der Waals surface area contributed by atoms with Crippen LogP contribution in [0.2, 0.25) is 0 Å². The van der Waals surface area contributed by atoms with Crippen LogP contribution >= 0.6 is 0 Å². The van der Waals surface area contributed by atoms with E-state index >= 15 is 0 Å². The van der Waals surface area contributed by atoms with Crippen molar-refractivity contribution in [3.63, 3.8) is 0 Å². The van der Waals surface area contributed by atoms with Crippen molar-refractivity contribution in [2.24, 2.45) is 0 Å². The Labute approximate surface area is 105 Å². The van der Waals surface area contributed by atoms with Gasteiger partial charge in [-0.05, 0) is 24.6 Å². The van der Waals surface area contributed by atoms with Crippen molar-refractivity contribution in [1.29, 1.82) is 0 Å². The topological polar surface area (TPSA) is 32.9 Å². The van der Waals surface area contributed by atoms with Gasteiger partial charge < -0.3 is 4.98 Å². The van der Waals surface area contributed by atoms with E-state index in [-0.39, 0.29) is 0 Å². The number of rotatable bonds is 2. The van der Waals surface area contributed by atoms with Crippen molar-refractivity contribution in [3.05, 3.63) is 59.7 Å². The summed E-state index contributed by atoms with van der Waals surface area (Å²) in [6.45, 7) is 2.05. The number of hydrogen-bond acceptors (Lipinski definition) is 1. The Morgan fingerprint density at radius 2 is 1.89 bits per heavy atom. The van der Waals surface area contributed by atoms with E-state index in [9.17, 15) is 4.79 Å². The number of carbonyl (C=O) groups is 1. The van der Waals surface area contributed by atoms with Crippen molar-refractivity contribution < 1.29 is 4.79 Å². The molecule has 0 fully saturated rings. The molecule has 0 amide bonds. The Kier molecular flexibility index (Phi) is 2.49. The van der Waals surface area contributed by atoms with Crippen molar-refractivity contribution in [1.82, 2.24) is 4.98 Å². The quantitative estimate of drug-likeness (QED) is 0.670. The normalized spacial score (nSPS) is 10.7. The first-order chi connectivity index (χ1) is 8.79. The molecule has 0 atom stereocenters. The Morgan fingerprint density at radius 3 is 2.67 bits per heavy atom. The number of hydrogen-bond donors (Lipinski definition) is 1. The summed E-state index contributed by atoms with van der Waals surface area (Å²) < 4.78 is 0. The van der Waals surface area contributed by atoms with Gasteiger partial charge >= 0.3 is 0 Å². The van der Waals surface area contributed by atoms with Crippen molar-refractivity contribution in [2.75, 3.05) is 0 Å². The van der Waals surface area contributed by atoms with Crippen LogP contribution in [0.4, 0.5) is 0 Å². The predicted molar refractivity (Wildman–Crippen MR) is 73.9 cm³/mol. The number of aldehydes is 1. The molecule has 0 spiro atoms. The van der Waals surface area contributed by atoms with E-state index in [1.54, 1.807) is 0 Å². The summed E-state index contributed by atoms with van der Waals surface area (Å²) in [5, 5.41) is 0.976. The first kappa shape index (κ1) is 10.8. The summed E-state index contributed by atoms with van der Waals surface area (Å²) in [5.74, 6) is 0. The molecule has 0 saturated carbocycles. The van der Waals surface area contributed by atoms with Gasteiger partial charge in [0.05, 0.1) is 5.69 Å². The summed E-state index contributed by atoms with van der Waals surface area (Å²) in [7, 11) is 0. The maximum absolute atomic E-state index is 11.3. The number of nitrogens with one attached hydrogen (secondary N) is 1. The number of aromatic nitrogens is 1. The highest BCUT2D eigenvalue weighted by Gasteiger charge is 2.11. The van der Waals surface area contributed by atoms with E-state index in [1.165, 1.54) is 5.56 Å². The Balaban J connectivity index is 2.32. The van der Waals surface area contributed by atoms with Crippen molar-refractivity contribution in [3.8, 4) is 11.3 Å². The minimum Gasteiger partial charge on any atom is -0.354 e. The minimum atomic E-state index is 0.733. The van der Waals surface area contributed by atoms with E-state index in [0.29, 0.717) is 0 Å². The smallest absolute Gasteiger partial charge is 0.152 e. The number of H-pyrrole nitrogens is 1. The fourth-order valence-electron chi connectivity index (χ4n) is 2.31. The van der Waals surface area contributed by atoms with Gasteiger partial charge in [0.15, 0.2) is 6.29 Å². The van der Waals surface area contributed by atoms with Gasteiger partial charge in [-0.1, -0.05) is 42.0 Å². The molecule has 0 aliphatic rings. The highest BCUT2D eigenvalue weighted by atomic mass is 16.1. The standard InChI is InChI=1S/C16H13NO/c1-11-5-4-6-12(9-11)16-14(10-18)13-7-2-3-8-15(13)17-16/h2-10,17H,1H3. The maximum Gasteiger partial charge on any atom is 0.152 e. The lowest BCUT2D eigenvalue weighted by molar-refractivity contribution is 0.112. The third-order valence-electron chi connectivity index (χ3n) is 3.17. The average Bonchev–Trinajstić information content (AvgIpc) is 2.77. The van der Waals surface area contributed by atoms with E-state index in [1.807, 2.05) is 49.4 Å². The summed E-state index contributed by atoms with van der Waals surface area (Å²) in [5.41, 5.74) is 4.86. The summed E-state index contributed by atoms with van der Waals surface area (Å²) in [6, 6.07) is 16.0. The fourth-order valence-corrected chi connectivity index (χ4v) is 2.31. The third-order valence-corrected chi connectivity index (χ3v) is 3.17. The van der Waals surface area contributed by atoms with Crippen molar-refractivity contribution >= 4 is 17.2 Å². The zero-order chi connectivity index (χ0) is 12.5. The van der Waals surface area contributed by atoms with Gasteiger partial charge in [0.2, 0.25) is 0 Å². The molecule has 1 heterocycles. The second-order valence-corrected chi connectivity index (χ2v) is 4.45. The minimum absolute atomic E-state index is 0.733. The maximum atomic E-state index is 11.3. The second kappa shape index (κ2) is 4.15. The largest absolute Gasteiger partial charge is 0.354 e. The lowest BCUT2D eigenvalue weighted by atomic mass is 10.0. The van der Waals surface area contributed by atoms with E-state index in [4.69, 9.17) is 0 Å². The highest BCUT2D eigenvalue weighted by Crippen LogP contribution is 2.29. The van der Waals surface area contributed by atoms with Crippen LogP contribution in [-0.2, 0) is 0 Å². The molecule has 0 saturated heterocycles. The van der Waals surface area contributed by atoms with Gasteiger partial charge in [-0.15, -0.1) is 0 Å². The zero-order valence-corrected chi connectivity index (χ0v) is 10.1. The number of aryl methyl sites for hydroxylation is 1. The van der Waals surface area contributed by atoms with Crippen LogP contribution in [0.25, 0.3) is 22.2 Å². The van der Waals surface area contributed by atoms with E-state index < -0.39 is 0 Å². The Morgan fingerprint density at radius 1 is 1.06 bits per heavy atom. The number of aromatic amines is 1. The third kappa shape index (κ3) is 1.63. The van der Waals surface area contributed by atoms with Gasteiger partial charge in [0, 0.05) is 16.5 Å². The highest BCUT2D eigenvalue weighted by molar-refractivity contribution is 6.04. The van der Waals surface area contributed by atoms with Crippen LogP contribution in [0, 0.1) is 6.92 Å². The fraction of sp³-hybridized carbons (Fsp3) is 0.0625. The Bertz CT molecular complexity index is 725. The molecule has 0 radical (unpaired) electrons. The van der Waals surface area contributed by atoms with Crippen LogP contribution in [-0.4, -0.2) is 11.3 Å². The second-order valence-electron chi connectivity index (χ2n) is 4.45. The SMILES string of the molecule is Cc1cccc(-c2[nH]c3ccccc3c2C=O)c1. The molecular formula is C16H13NO. The molecule has 2 heteroatoms. The van der Waals surface area contributed by atoms with E-state index in [0.717, 1.165) is 34.0 Å². The van der Waals surface area contributed by atoms with Crippen molar-refractivity contribution in [2.45, 2.75) is 6.92 Å². The molecule has 1 N–H and O–H groups in total. The number of carbonyl (C=O) groups excluding carboxylic acids is 1. The molecule has 2 aromatic carbocycles. The lowest BCUT2D eigenvalue weighted by Gasteiger charge is -2.01. The van der Waals surface area contributed by atoms with Crippen LogP contribution in [0.15, 0.2) is 48.5 Å². The van der Waals surface area contributed by atoms with Gasteiger partial charge in [-0.2, -0.15) is 0 Å². The summed E-state index contributed by atoms with van der Waals surface area (Å²) in [6.07, 6.45) is 0.927. The molecule has 0 unspecified atom stereocenters. The predicted octanol–water partition coefficient (Wildman–Crippen LogP) is 3.96. The van der Waals surface area contributed by atoms with Crippen LogP contribution in [0.5, 0.6) is 0 Å². The number of para-hydroxylation sites is 1. The van der Waals surface area contributed by atoms with Gasteiger partial charge in [-0.25, -0.2) is 0 Å². The molecular weight excluding hydrogens is 222 g/mol. The molecule has 3 rings (SSSR count). The molecule has 0 aliphatic heterocycles. The summed E-state index contributed by atoms with van der Waals surface area (Å²) >= 11 is 0. The van der Waals surface area contributed by atoms with Gasteiger partial charge in [0.25, 0.3) is 0 Å². The summed E-state index contributed by atoms with van der Waals surface area (Å²) in [4.78, 5) is 14.7. The average molecular weight is 235 g/mol. The van der Waals surface area contributed by atoms with Crippen LogP contribution in [0.1, 0.15) is 15.9 Å². The molecule has 18 heavy (non-hydrogen) atoms. The molecule has 0 aliphatic carbocycles. The Hall–Kier alpha value is -2.35. The molecule has 2 nitrogen and oxygen atoms in total. The van der Waals surface area contributed by atoms with Crippen LogP contribution in [0.3, 0.4) is 0 Å². The first-order valence-electron chi connectivity index (χ1n) is 5.92. The molecule has 3 aromatic rings. The molecule has 0 bridgehead atoms. The molecule has 88 valence electrons.